The molecule has 0 saturated heterocycles. The molecule has 10 nitrogen and oxygen atoms in total. The smallest absolute Gasteiger partial charge is 0.216 e. The summed E-state index contributed by atoms with van der Waals surface area (Å²) in [7, 11) is 0. The quantitative estimate of drug-likeness (QED) is 0.171. The van der Waals surface area contributed by atoms with Crippen molar-refractivity contribution in [1.29, 1.82) is 0 Å². The molecule has 0 aliphatic rings. The molecule has 2 rings (SSSR count). The van der Waals surface area contributed by atoms with Gasteiger partial charge in [-0.1, -0.05) is 11.8 Å². The fourth-order valence-corrected chi connectivity index (χ4v) is 2.75. The number of halogens is 2. The van der Waals surface area contributed by atoms with Crippen molar-refractivity contribution in [3.05, 3.63) is 34.2 Å². The summed E-state index contributed by atoms with van der Waals surface area (Å²) in [6, 6.07) is 4.12. The average molecular weight is 445 g/mol. The lowest BCUT2D eigenvalue weighted by Crippen LogP contribution is -2.21. The molecule has 0 atom stereocenters. The van der Waals surface area contributed by atoms with Crippen molar-refractivity contribution in [1.82, 2.24) is 15.8 Å². The highest BCUT2D eigenvalue weighted by atomic mass is 79.9. The molecule has 0 fully saturated rings. The van der Waals surface area contributed by atoms with Crippen LogP contribution in [0.1, 0.15) is 5.69 Å². The van der Waals surface area contributed by atoms with Gasteiger partial charge in [0.05, 0.1) is 23.0 Å². The SMILES string of the molecule is NC=NC(N)=NCCSc1nonc1C(=Nc1ccc(F)c(Br)c1)NO. The molecule has 0 aliphatic heterocycles. The minimum atomic E-state index is -0.430. The van der Waals surface area contributed by atoms with Crippen LogP contribution < -0.4 is 16.9 Å². The molecule has 26 heavy (non-hydrogen) atoms. The second-order valence-corrected chi connectivity index (χ2v) is 6.39. The molecule has 1 aromatic heterocycles. The van der Waals surface area contributed by atoms with Gasteiger partial charge in [0.1, 0.15) is 5.82 Å². The molecular weight excluding hydrogens is 431 g/mol. The van der Waals surface area contributed by atoms with E-state index >= 15 is 0 Å². The number of hydroxylamine groups is 1. The van der Waals surface area contributed by atoms with Crippen molar-refractivity contribution in [2.75, 3.05) is 12.3 Å². The second kappa shape index (κ2) is 9.84. The number of hydrogen-bond acceptors (Lipinski definition) is 7. The molecule has 2 aromatic rings. The number of aromatic nitrogens is 2. The Morgan fingerprint density at radius 3 is 2.96 bits per heavy atom. The second-order valence-electron chi connectivity index (χ2n) is 4.46. The lowest BCUT2D eigenvalue weighted by atomic mass is 10.3. The summed E-state index contributed by atoms with van der Waals surface area (Å²) in [4.78, 5) is 11.8. The van der Waals surface area contributed by atoms with E-state index in [0.717, 1.165) is 6.34 Å². The Hall–Kier alpha value is -2.51. The lowest BCUT2D eigenvalue weighted by Gasteiger charge is -2.03. The van der Waals surface area contributed by atoms with E-state index in [0.29, 0.717) is 23.0 Å². The van der Waals surface area contributed by atoms with Crippen molar-refractivity contribution in [2.24, 2.45) is 26.4 Å². The first-order chi connectivity index (χ1) is 12.5. The first-order valence-corrected chi connectivity index (χ1v) is 8.76. The minimum Gasteiger partial charge on any atom is -0.390 e. The fraction of sp³-hybridized carbons (Fsp3) is 0.154. The van der Waals surface area contributed by atoms with Crippen molar-refractivity contribution >= 4 is 51.5 Å². The van der Waals surface area contributed by atoms with Crippen LogP contribution in [0.4, 0.5) is 10.1 Å². The third-order valence-electron chi connectivity index (χ3n) is 2.74. The number of thioether (sulfide) groups is 1. The van der Waals surface area contributed by atoms with E-state index in [9.17, 15) is 9.60 Å². The molecule has 13 heteroatoms. The Bertz CT molecular complexity index is 841. The van der Waals surface area contributed by atoms with Crippen LogP contribution in [0, 0.1) is 5.82 Å². The first-order valence-electron chi connectivity index (χ1n) is 6.99. The Kier molecular flexibility index (Phi) is 7.50. The topological polar surface area (TPSA) is 160 Å². The predicted octanol–water partition coefficient (Wildman–Crippen LogP) is 1.42. The van der Waals surface area contributed by atoms with E-state index in [4.69, 9.17) is 16.1 Å². The highest BCUT2D eigenvalue weighted by Crippen LogP contribution is 2.24. The number of benzene rings is 1. The molecule has 138 valence electrons. The maximum Gasteiger partial charge on any atom is 0.216 e. The van der Waals surface area contributed by atoms with Crippen LogP contribution in [0.3, 0.4) is 0 Å². The van der Waals surface area contributed by atoms with Crippen molar-refractivity contribution in [3.63, 3.8) is 0 Å². The van der Waals surface area contributed by atoms with E-state index < -0.39 is 5.82 Å². The van der Waals surface area contributed by atoms with Gasteiger partial charge in [-0.2, -0.15) is 0 Å². The standard InChI is InChI=1S/C13H14BrFN8O2S/c14-8-5-7(1-2-9(8)15)20-11(21-24)10-12(23-25-22-10)26-4-3-18-13(17)19-6-16/h1-2,5-6,24H,3-4H2,(H,20,21)(H4,16,17,18,19). The van der Waals surface area contributed by atoms with Gasteiger partial charge in [0.25, 0.3) is 0 Å². The maximum absolute atomic E-state index is 13.3. The number of nitrogens with one attached hydrogen (secondary N) is 1. The van der Waals surface area contributed by atoms with E-state index in [1.807, 2.05) is 5.48 Å². The van der Waals surface area contributed by atoms with Gasteiger partial charge in [-0.25, -0.2) is 19.0 Å². The van der Waals surface area contributed by atoms with Gasteiger partial charge >= 0.3 is 0 Å². The minimum absolute atomic E-state index is 0.0111. The highest BCUT2D eigenvalue weighted by molar-refractivity contribution is 9.10. The molecule has 0 spiro atoms. The normalized spacial score (nSPS) is 12.7. The Morgan fingerprint density at radius 1 is 1.46 bits per heavy atom. The van der Waals surface area contributed by atoms with Crippen LogP contribution in [0.2, 0.25) is 0 Å². The molecule has 6 N–H and O–H groups in total. The van der Waals surface area contributed by atoms with Gasteiger partial charge < -0.3 is 11.5 Å². The molecule has 1 heterocycles. The summed E-state index contributed by atoms with van der Waals surface area (Å²) in [5.74, 6) is 0.111. The van der Waals surface area contributed by atoms with Crippen molar-refractivity contribution in [3.8, 4) is 0 Å². The van der Waals surface area contributed by atoms with Gasteiger partial charge in [0.2, 0.25) is 5.96 Å². The predicted molar refractivity (Wildman–Crippen MR) is 99.4 cm³/mol. The number of rotatable bonds is 6. The van der Waals surface area contributed by atoms with Gasteiger partial charge in [0, 0.05) is 5.75 Å². The molecule has 0 bridgehead atoms. The number of nitrogens with two attached hydrogens (primary N) is 2. The Balaban J connectivity index is 2.12. The molecule has 0 amide bonds. The first kappa shape index (κ1) is 19.8. The zero-order valence-electron chi connectivity index (χ0n) is 13.1. The number of nitrogens with zero attached hydrogens (tertiary/aromatic N) is 5. The van der Waals surface area contributed by atoms with Crippen molar-refractivity contribution in [2.45, 2.75) is 5.03 Å². The number of guanidine groups is 1. The summed E-state index contributed by atoms with van der Waals surface area (Å²) < 4.78 is 18.2. The third kappa shape index (κ3) is 5.50. The maximum atomic E-state index is 13.3. The zero-order chi connectivity index (χ0) is 18.9. The van der Waals surface area contributed by atoms with Crippen LogP contribution in [0.15, 0.2) is 47.3 Å². The van der Waals surface area contributed by atoms with Crippen LogP contribution >= 0.6 is 27.7 Å². The zero-order valence-corrected chi connectivity index (χ0v) is 15.5. The van der Waals surface area contributed by atoms with Crippen LogP contribution in [-0.2, 0) is 0 Å². The summed E-state index contributed by atoms with van der Waals surface area (Å²) in [5.41, 5.74) is 13.1. The average Bonchev–Trinajstić information content (AvgIpc) is 3.08. The number of hydrogen-bond donors (Lipinski definition) is 4. The number of aliphatic imine (C=N–C) groups is 3. The van der Waals surface area contributed by atoms with E-state index in [1.54, 1.807) is 0 Å². The van der Waals surface area contributed by atoms with Gasteiger partial charge in [-0.3, -0.25) is 15.7 Å². The van der Waals surface area contributed by atoms with E-state index in [2.05, 4.69) is 41.2 Å². The lowest BCUT2D eigenvalue weighted by molar-refractivity contribution is 0.234. The molecular formula is C13H14BrFN8O2S. The molecule has 0 unspecified atom stereocenters. The van der Waals surface area contributed by atoms with Crippen LogP contribution in [0.25, 0.3) is 0 Å². The van der Waals surface area contributed by atoms with Gasteiger partial charge in [-0.15, -0.1) is 0 Å². The largest absolute Gasteiger partial charge is 0.390 e. The summed E-state index contributed by atoms with van der Waals surface area (Å²) >= 11 is 4.33. The Labute approximate surface area is 159 Å². The van der Waals surface area contributed by atoms with Gasteiger partial charge in [0.15, 0.2) is 16.6 Å². The fourth-order valence-electron chi connectivity index (χ4n) is 1.65. The van der Waals surface area contributed by atoms with Crippen molar-refractivity contribution < 1.29 is 14.2 Å². The molecule has 0 radical (unpaired) electrons. The van der Waals surface area contributed by atoms with E-state index in [1.165, 1.54) is 30.0 Å². The Morgan fingerprint density at radius 2 is 2.27 bits per heavy atom. The number of amidine groups is 1. The van der Waals surface area contributed by atoms with Crippen LogP contribution in [0.5, 0.6) is 0 Å². The van der Waals surface area contributed by atoms with Crippen LogP contribution in [-0.4, -0.2) is 46.0 Å². The summed E-state index contributed by atoms with van der Waals surface area (Å²) in [5, 5.41) is 17.2. The molecule has 1 aromatic carbocycles. The molecule has 0 aliphatic carbocycles. The van der Waals surface area contributed by atoms with E-state index in [-0.39, 0.29) is 22.0 Å². The third-order valence-corrected chi connectivity index (χ3v) is 4.28. The monoisotopic (exact) mass is 444 g/mol. The summed E-state index contributed by atoms with van der Waals surface area (Å²) in [6.07, 6.45) is 1.05. The molecule has 0 saturated carbocycles. The summed E-state index contributed by atoms with van der Waals surface area (Å²) in [6.45, 7) is 0.351. The highest BCUT2D eigenvalue weighted by Gasteiger charge is 2.17. The van der Waals surface area contributed by atoms with Gasteiger partial charge in [-0.05, 0) is 44.4 Å².